The number of pyridine rings is 1. The van der Waals surface area contributed by atoms with Crippen molar-refractivity contribution in [1.29, 1.82) is 0 Å². The van der Waals surface area contributed by atoms with Crippen LogP contribution in [0.25, 0.3) is 0 Å². The third-order valence-corrected chi connectivity index (χ3v) is 3.99. The van der Waals surface area contributed by atoms with Gasteiger partial charge in [-0.2, -0.15) is 13.2 Å². The Bertz CT molecular complexity index is 547. The van der Waals surface area contributed by atoms with Gasteiger partial charge >= 0.3 is 6.18 Å². The van der Waals surface area contributed by atoms with Gasteiger partial charge in [0, 0.05) is 25.7 Å². The van der Waals surface area contributed by atoms with Crippen LogP contribution in [0.5, 0.6) is 0 Å². The standard InChI is InChI=1S/C12H18F3N3O2S/c1-2-16-10-6-5-8-17-11(10)21(19,20)18-9-4-3-7-12(13,14)15/h5-6,8,16,18H,2-4,7,9H2,1H3. The second-order valence-corrected chi connectivity index (χ2v) is 6.04. The molecule has 21 heavy (non-hydrogen) atoms. The Labute approximate surface area is 122 Å². The molecule has 0 saturated heterocycles. The average molecular weight is 325 g/mol. The molecule has 0 unspecified atom stereocenters. The van der Waals surface area contributed by atoms with E-state index in [1.165, 1.54) is 6.20 Å². The van der Waals surface area contributed by atoms with Gasteiger partial charge < -0.3 is 5.32 Å². The maximum absolute atomic E-state index is 12.1. The number of aromatic nitrogens is 1. The second-order valence-electron chi connectivity index (χ2n) is 4.36. The van der Waals surface area contributed by atoms with Crippen molar-refractivity contribution in [3.8, 4) is 0 Å². The van der Waals surface area contributed by atoms with E-state index in [4.69, 9.17) is 0 Å². The van der Waals surface area contributed by atoms with Crippen molar-refractivity contribution < 1.29 is 21.6 Å². The molecular weight excluding hydrogens is 307 g/mol. The minimum absolute atomic E-state index is 0.0550. The number of unbranched alkanes of at least 4 members (excludes halogenated alkanes) is 1. The summed E-state index contributed by atoms with van der Waals surface area (Å²) in [6, 6.07) is 3.18. The summed E-state index contributed by atoms with van der Waals surface area (Å²) in [7, 11) is -3.83. The summed E-state index contributed by atoms with van der Waals surface area (Å²) in [6.45, 7) is 2.29. The van der Waals surface area contributed by atoms with Gasteiger partial charge in [0.15, 0.2) is 5.03 Å². The average Bonchev–Trinajstić information content (AvgIpc) is 2.37. The van der Waals surface area contributed by atoms with E-state index in [2.05, 4.69) is 15.0 Å². The lowest BCUT2D eigenvalue weighted by Crippen LogP contribution is -2.26. The van der Waals surface area contributed by atoms with Gasteiger partial charge in [-0.25, -0.2) is 18.1 Å². The quantitative estimate of drug-likeness (QED) is 0.721. The van der Waals surface area contributed by atoms with E-state index in [1.807, 2.05) is 6.92 Å². The minimum Gasteiger partial charge on any atom is -0.383 e. The number of alkyl halides is 3. The lowest BCUT2D eigenvalue weighted by Gasteiger charge is -2.11. The van der Waals surface area contributed by atoms with E-state index in [-0.39, 0.29) is 24.4 Å². The zero-order chi connectivity index (χ0) is 15.9. The molecule has 0 aliphatic rings. The summed E-state index contributed by atoms with van der Waals surface area (Å²) in [5.41, 5.74) is 0.364. The van der Waals surface area contributed by atoms with E-state index >= 15 is 0 Å². The summed E-state index contributed by atoms with van der Waals surface area (Å²) >= 11 is 0. The Kier molecular flexibility index (Phi) is 6.41. The second kappa shape index (κ2) is 7.60. The normalized spacial score (nSPS) is 12.4. The van der Waals surface area contributed by atoms with Crippen molar-refractivity contribution >= 4 is 15.7 Å². The molecule has 1 rings (SSSR count). The van der Waals surface area contributed by atoms with Crippen molar-refractivity contribution in [1.82, 2.24) is 9.71 Å². The van der Waals surface area contributed by atoms with Crippen molar-refractivity contribution in [3.05, 3.63) is 18.3 Å². The van der Waals surface area contributed by atoms with E-state index in [1.54, 1.807) is 12.1 Å². The highest BCUT2D eigenvalue weighted by molar-refractivity contribution is 7.89. The number of hydrogen-bond acceptors (Lipinski definition) is 4. The largest absolute Gasteiger partial charge is 0.389 e. The molecule has 0 aliphatic carbocycles. The summed E-state index contributed by atoms with van der Waals surface area (Å²) in [5.74, 6) is 0. The van der Waals surface area contributed by atoms with Gasteiger partial charge in [0.2, 0.25) is 0 Å². The van der Waals surface area contributed by atoms with Gasteiger partial charge in [-0.05, 0) is 31.9 Å². The molecule has 0 aliphatic heterocycles. The zero-order valence-corrected chi connectivity index (χ0v) is 12.4. The van der Waals surface area contributed by atoms with E-state index < -0.39 is 22.6 Å². The van der Waals surface area contributed by atoms with Crippen LogP contribution in [0, 0.1) is 0 Å². The van der Waals surface area contributed by atoms with Crippen molar-refractivity contribution in [2.24, 2.45) is 0 Å². The predicted molar refractivity (Wildman–Crippen MR) is 73.5 cm³/mol. The van der Waals surface area contributed by atoms with Crippen LogP contribution >= 0.6 is 0 Å². The fourth-order valence-corrected chi connectivity index (χ4v) is 2.83. The first kappa shape index (κ1) is 17.7. The van der Waals surface area contributed by atoms with Crippen LogP contribution in [0.1, 0.15) is 26.2 Å². The van der Waals surface area contributed by atoms with E-state index in [0.717, 1.165) is 0 Å². The summed E-state index contributed by atoms with van der Waals surface area (Å²) < 4.78 is 62.3. The summed E-state index contributed by atoms with van der Waals surface area (Å²) in [5, 5.41) is 2.72. The molecular formula is C12H18F3N3O2S. The van der Waals surface area contributed by atoms with Crippen LogP contribution in [0.2, 0.25) is 0 Å². The Morgan fingerprint density at radius 3 is 2.62 bits per heavy atom. The topological polar surface area (TPSA) is 71.1 Å². The molecule has 0 fully saturated rings. The Hall–Kier alpha value is -1.35. The molecule has 0 saturated carbocycles. The van der Waals surface area contributed by atoms with Crippen molar-refractivity contribution in [2.75, 3.05) is 18.4 Å². The van der Waals surface area contributed by atoms with Gasteiger partial charge in [-0.15, -0.1) is 0 Å². The molecule has 0 radical (unpaired) electrons. The van der Waals surface area contributed by atoms with Crippen LogP contribution in [0.3, 0.4) is 0 Å². The monoisotopic (exact) mass is 325 g/mol. The van der Waals surface area contributed by atoms with Gasteiger partial charge in [0.25, 0.3) is 10.0 Å². The molecule has 0 aromatic carbocycles. The first-order valence-electron chi connectivity index (χ1n) is 6.51. The van der Waals surface area contributed by atoms with Crippen molar-refractivity contribution in [3.63, 3.8) is 0 Å². The smallest absolute Gasteiger partial charge is 0.383 e. The maximum atomic E-state index is 12.1. The lowest BCUT2D eigenvalue weighted by molar-refractivity contribution is -0.135. The molecule has 9 heteroatoms. The van der Waals surface area contributed by atoms with Gasteiger partial charge in [-0.1, -0.05) is 0 Å². The van der Waals surface area contributed by atoms with E-state index in [0.29, 0.717) is 12.2 Å². The lowest BCUT2D eigenvalue weighted by atomic mass is 10.2. The van der Waals surface area contributed by atoms with Crippen LogP contribution in [0.15, 0.2) is 23.4 Å². The number of rotatable bonds is 8. The molecule has 0 amide bonds. The highest BCUT2D eigenvalue weighted by Crippen LogP contribution is 2.22. The number of hydrogen-bond donors (Lipinski definition) is 2. The number of halogens is 3. The molecule has 0 atom stereocenters. The number of nitrogens with zero attached hydrogens (tertiary/aromatic N) is 1. The molecule has 1 heterocycles. The number of sulfonamides is 1. The minimum atomic E-state index is -4.21. The van der Waals surface area contributed by atoms with Crippen LogP contribution in [-0.2, 0) is 10.0 Å². The van der Waals surface area contributed by atoms with Gasteiger partial charge in [-0.3, -0.25) is 0 Å². The fourth-order valence-electron chi connectivity index (χ4n) is 1.66. The van der Waals surface area contributed by atoms with Crippen LogP contribution in [0.4, 0.5) is 18.9 Å². The number of nitrogens with one attached hydrogen (secondary N) is 2. The summed E-state index contributed by atoms with van der Waals surface area (Å²) in [6.07, 6.45) is -3.78. The Morgan fingerprint density at radius 1 is 1.29 bits per heavy atom. The van der Waals surface area contributed by atoms with Crippen LogP contribution < -0.4 is 10.0 Å². The first-order chi connectivity index (χ1) is 9.76. The third-order valence-electron chi connectivity index (χ3n) is 2.57. The maximum Gasteiger partial charge on any atom is 0.389 e. The zero-order valence-electron chi connectivity index (χ0n) is 11.6. The Balaban J connectivity index is 2.58. The molecule has 1 aromatic rings. The first-order valence-corrected chi connectivity index (χ1v) is 8.00. The van der Waals surface area contributed by atoms with Crippen molar-refractivity contribution in [2.45, 2.75) is 37.4 Å². The fraction of sp³-hybridized carbons (Fsp3) is 0.583. The molecule has 0 bridgehead atoms. The predicted octanol–water partition coefficient (Wildman–Crippen LogP) is 2.52. The molecule has 1 aromatic heterocycles. The molecule has 120 valence electrons. The Morgan fingerprint density at radius 2 is 2.00 bits per heavy atom. The summed E-state index contributed by atoms with van der Waals surface area (Å²) in [4.78, 5) is 3.81. The highest BCUT2D eigenvalue weighted by Gasteiger charge is 2.26. The molecule has 0 spiro atoms. The molecule has 2 N–H and O–H groups in total. The van der Waals surface area contributed by atoms with Crippen LogP contribution in [-0.4, -0.2) is 32.7 Å². The third kappa shape index (κ3) is 6.30. The number of anilines is 1. The van der Waals surface area contributed by atoms with Gasteiger partial charge in [0.05, 0.1) is 5.69 Å². The van der Waals surface area contributed by atoms with E-state index in [9.17, 15) is 21.6 Å². The van der Waals surface area contributed by atoms with Gasteiger partial charge in [0.1, 0.15) is 0 Å². The SMILES string of the molecule is CCNc1cccnc1S(=O)(=O)NCCCCC(F)(F)F. The highest BCUT2D eigenvalue weighted by atomic mass is 32.2. The molecule has 5 nitrogen and oxygen atoms in total.